The quantitative estimate of drug-likeness (QED) is 0.0965. The maximum absolute atomic E-state index is 13.2. The Morgan fingerprint density at radius 2 is 0.980 bits per heavy atom. The van der Waals surface area contributed by atoms with Crippen molar-refractivity contribution in [3.8, 4) is 34.5 Å². The number of benzene rings is 3. The summed E-state index contributed by atoms with van der Waals surface area (Å²) in [5.74, 6) is 0.112. The molecule has 0 aliphatic rings. The molecule has 3 aromatic rings. The molecular formula is C37H43N3O9. The third-order valence-corrected chi connectivity index (χ3v) is 7.25. The third-order valence-electron chi connectivity index (χ3n) is 7.25. The Labute approximate surface area is 285 Å². The molecule has 5 N–H and O–H groups in total. The molecule has 0 aromatic heterocycles. The van der Waals surface area contributed by atoms with E-state index in [1.807, 2.05) is 0 Å². The molecule has 12 nitrogen and oxygen atoms in total. The Bertz CT molecular complexity index is 1670. The molecule has 260 valence electrons. The van der Waals surface area contributed by atoms with Gasteiger partial charge < -0.3 is 45.1 Å². The summed E-state index contributed by atoms with van der Waals surface area (Å²) in [6, 6.07) is 14.3. The second-order valence-electron chi connectivity index (χ2n) is 10.8. The zero-order valence-corrected chi connectivity index (χ0v) is 27.8. The van der Waals surface area contributed by atoms with Crippen LogP contribution in [0.3, 0.4) is 0 Å². The summed E-state index contributed by atoms with van der Waals surface area (Å²) in [7, 11) is 4.34. The number of unbranched alkanes of at least 4 members (excludes halogenated alkanes) is 1. The summed E-state index contributed by atoms with van der Waals surface area (Å²) in [4.78, 5) is 39.5. The number of amides is 3. The second kappa shape index (κ2) is 19.7. The van der Waals surface area contributed by atoms with Crippen LogP contribution in [0.2, 0.25) is 0 Å². The lowest BCUT2D eigenvalue weighted by molar-refractivity contribution is -0.126. The van der Waals surface area contributed by atoms with Gasteiger partial charge in [-0.1, -0.05) is 18.2 Å². The van der Waals surface area contributed by atoms with Gasteiger partial charge >= 0.3 is 0 Å². The van der Waals surface area contributed by atoms with E-state index in [0.29, 0.717) is 79.4 Å². The average Bonchev–Trinajstić information content (AvgIpc) is 3.11. The predicted molar refractivity (Wildman–Crippen MR) is 188 cm³/mol. The molecule has 0 fully saturated rings. The number of ether oxygens (including phenoxy) is 3. The van der Waals surface area contributed by atoms with Gasteiger partial charge in [0, 0.05) is 44.4 Å². The molecule has 0 heterocycles. The summed E-state index contributed by atoms with van der Waals surface area (Å²) in [6.07, 6.45) is 10.8. The number of phenols is 3. The topological polar surface area (TPSA) is 167 Å². The van der Waals surface area contributed by atoms with Gasteiger partial charge in [-0.25, -0.2) is 0 Å². The molecule has 0 saturated heterocycles. The Hall–Kier alpha value is -5.91. The normalized spacial score (nSPS) is 11.2. The van der Waals surface area contributed by atoms with Gasteiger partial charge in [-0.15, -0.1) is 0 Å². The van der Waals surface area contributed by atoms with Crippen LogP contribution in [0, 0.1) is 0 Å². The van der Waals surface area contributed by atoms with E-state index < -0.39 is 0 Å². The predicted octanol–water partition coefficient (Wildman–Crippen LogP) is 4.50. The molecule has 0 aliphatic carbocycles. The van der Waals surface area contributed by atoms with Crippen LogP contribution in [0.5, 0.6) is 34.5 Å². The van der Waals surface area contributed by atoms with Crippen molar-refractivity contribution in [3.63, 3.8) is 0 Å². The highest BCUT2D eigenvalue weighted by Crippen LogP contribution is 2.28. The highest BCUT2D eigenvalue weighted by atomic mass is 16.5. The van der Waals surface area contributed by atoms with Crippen LogP contribution in [0.1, 0.15) is 36.0 Å². The van der Waals surface area contributed by atoms with Gasteiger partial charge in [-0.05, 0) is 90.6 Å². The van der Waals surface area contributed by atoms with Crippen LogP contribution >= 0.6 is 0 Å². The number of carbonyl (C=O) groups is 3. The molecule has 3 amide bonds. The summed E-state index contributed by atoms with van der Waals surface area (Å²) in [5.41, 5.74) is 2.06. The van der Waals surface area contributed by atoms with Gasteiger partial charge in [-0.2, -0.15) is 0 Å². The molecule has 0 radical (unpaired) electrons. The molecule has 0 aliphatic heterocycles. The minimum atomic E-state index is -0.305. The number of methoxy groups -OCH3 is 3. The largest absolute Gasteiger partial charge is 0.504 e. The molecular weight excluding hydrogens is 630 g/mol. The van der Waals surface area contributed by atoms with Gasteiger partial charge in [0.15, 0.2) is 34.5 Å². The minimum absolute atomic E-state index is 0.00421. The number of aromatic hydroxyl groups is 3. The zero-order valence-electron chi connectivity index (χ0n) is 27.8. The summed E-state index contributed by atoms with van der Waals surface area (Å²) in [6.45, 7) is 1.55. The van der Waals surface area contributed by atoms with Gasteiger partial charge in [0.1, 0.15) is 0 Å². The first-order valence-electron chi connectivity index (χ1n) is 15.6. The number of hydrogen-bond donors (Lipinski definition) is 5. The van der Waals surface area contributed by atoms with Crippen molar-refractivity contribution in [2.24, 2.45) is 0 Å². The maximum atomic E-state index is 13.2. The van der Waals surface area contributed by atoms with Gasteiger partial charge in [-0.3, -0.25) is 14.4 Å². The van der Waals surface area contributed by atoms with Crippen LogP contribution in [0.4, 0.5) is 0 Å². The van der Waals surface area contributed by atoms with E-state index in [1.165, 1.54) is 57.8 Å². The fourth-order valence-electron chi connectivity index (χ4n) is 4.58. The molecule has 0 saturated carbocycles. The number of rotatable bonds is 18. The maximum Gasteiger partial charge on any atom is 0.246 e. The first-order chi connectivity index (χ1) is 23.6. The fourth-order valence-corrected chi connectivity index (χ4v) is 4.58. The Morgan fingerprint density at radius 3 is 1.41 bits per heavy atom. The van der Waals surface area contributed by atoms with Crippen LogP contribution in [0.25, 0.3) is 18.2 Å². The molecule has 0 unspecified atom stereocenters. The number of hydrogen-bond acceptors (Lipinski definition) is 9. The van der Waals surface area contributed by atoms with Crippen molar-refractivity contribution in [3.05, 3.63) is 89.5 Å². The van der Waals surface area contributed by atoms with E-state index in [9.17, 15) is 29.7 Å². The number of nitrogens with one attached hydrogen (secondary N) is 2. The van der Waals surface area contributed by atoms with Crippen molar-refractivity contribution in [2.45, 2.75) is 19.3 Å². The Morgan fingerprint density at radius 1 is 0.592 bits per heavy atom. The Balaban J connectivity index is 1.51. The second-order valence-corrected chi connectivity index (χ2v) is 10.8. The lowest BCUT2D eigenvalue weighted by atomic mass is 10.1. The fraction of sp³-hybridized carbons (Fsp3) is 0.270. The van der Waals surface area contributed by atoms with E-state index in [-0.39, 0.29) is 35.0 Å². The van der Waals surface area contributed by atoms with Crippen molar-refractivity contribution in [1.29, 1.82) is 0 Å². The van der Waals surface area contributed by atoms with E-state index in [0.717, 1.165) is 0 Å². The Kier molecular flexibility index (Phi) is 15.1. The zero-order chi connectivity index (χ0) is 35.6. The lowest BCUT2D eigenvalue weighted by Gasteiger charge is -2.21. The van der Waals surface area contributed by atoms with E-state index >= 15 is 0 Å². The smallest absolute Gasteiger partial charge is 0.246 e. The van der Waals surface area contributed by atoms with Gasteiger partial charge in [0.25, 0.3) is 0 Å². The van der Waals surface area contributed by atoms with E-state index in [2.05, 4.69) is 10.6 Å². The van der Waals surface area contributed by atoms with Crippen molar-refractivity contribution >= 4 is 35.9 Å². The van der Waals surface area contributed by atoms with Crippen LogP contribution in [0.15, 0.2) is 72.8 Å². The van der Waals surface area contributed by atoms with Crippen molar-refractivity contribution in [2.75, 3.05) is 47.5 Å². The highest BCUT2D eigenvalue weighted by molar-refractivity contribution is 5.93. The molecule has 0 bridgehead atoms. The molecule has 49 heavy (non-hydrogen) atoms. The molecule has 0 atom stereocenters. The van der Waals surface area contributed by atoms with Crippen LogP contribution in [-0.4, -0.2) is 85.4 Å². The molecule has 0 spiro atoms. The van der Waals surface area contributed by atoms with Crippen molar-refractivity contribution in [1.82, 2.24) is 15.5 Å². The average molecular weight is 674 g/mol. The number of carbonyl (C=O) groups excluding carboxylic acids is 3. The standard InChI is InChI=1S/C37H43N3O9/c1-47-32-23-26(7-13-29(32)41)10-16-35(44)38-19-4-5-21-40(37(46)18-12-28-9-15-31(43)34(25-28)49-3)22-6-20-39-36(45)17-11-27-8-14-30(42)33(24-27)48-2/h7-18,23-25,41-43H,4-6,19-22H2,1-3H3,(H,38,44)(H,39,45)/b16-10+,17-11+,18-12+. The highest BCUT2D eigenvalue weighted by Gasteiger charge is 2.11. The monoisotopic (exact) mass is 673 g/mol. The summed E-state index contributed by atoms with van der Waals surface area (Å²) in [5, 5.41) is 35.0. The van der Waals surface area contributed by atoms with Crippen LogP contribution < -0.4 is 24.8 Å². The van der Waals surface area contributed by atoms with Gasteiger partial charge in [0.2, 0.25) is 17.7 Å². The number of phenolic OH excluding ortho intramolecular Hbond substituents is 3. The minimum Gasteiger partial charge on any atom is -0.504 e. The molecule has 3 rings (SSSR count). The lowest BCUT2D eigenvalue weighted by Crippen LogP contribution is -2.34. The third kappa shape index (κ3) is 12.7. The first kappa shape index (κ1) is 37.5. The summed E-state index contributed by atoms with van der Waals surface area (Å²) < 4.78 is 15.3. The van der Waals surface area contributed by atoms with E-state index in [4.69, 9.17) is 14.2 Å². The van der Waals surface area contributed by atoms with Gasteiger partial charge in [0.05, 0.1) is 21.3 Å². The SMILES string of the molecule is COc1cc(/C=C/C(=O)NCCCCN(CCCNC(=O)/C=C/c2ccc(O)c(OC)c2)C(=O)/C=C/c2ccc(O)c(OC)c2)ccc1O. The summed E-state index contributed by atoms with van der Waals surface area (Å²) >= 11 is 0. The van der Waals surface area contributed by atoms with Crippen LogP contribution in [-0.2, 0) is 14.4 Å². The van der Waals surface area contributed by atoms with E-state index in [1.54, 1.807) is 59.5 Å². The molecule has 12 heteroatoms. The van der Waals surface area contributed by atoms with Crippen molar-refractivity contribution < 1.29 is 43.9 Å². The molecule has 3 aromatic carbocycles. The number of nitrogens with zero attached hydrogens (tertiary/aromatic N) is 1. The first-order valence-corrected chi connectivity index (χ1v) is 15.6.